The summed E-state index contributed by atoms with van der Waals surface area (Å²) in [4.78, 5) is 29.1. The van der Waals surface area contributed by atoms with Crippen molar-refractivity contribution in [2.45, 2.75) is 36.6 Å². The molecule has 5 nitrogen and oxygen atoms in total. The second-order valence-corrected chi connectivity index (χ2v) is 5.45. The van der Waals surface area contributed by atoms with E-state index in [2.05, 4.69) is 9.97 Å². The van der Waals surface area contributed by atoms with Crippen LogP contribution in [-0.4, -0.2) is 26.3 Å². The highest BCUT2D eigenvalue weighted by Crippen LogP contribution is 2.37. The largest absolute Gasteiger partial charge is 0.481 e. The van der Waals surface area contributed by atoms with Gasteiger partial charge in [0, 0.05) is 17.0 Å². The molecule has 1 aliphatic rings. The fourth-order valence-corrected chi connectivity index (χ4v) is 3.44. The molecule has 2 rings (SSSR count). The molecule has 2 unspecified atom stereocenters. The highest BCUT2D eigenvalue weighted by Gasteiger charge is 2.34. The van der Waals surface area contributed by atoms with Gasteiger partial charge in [0.15, 0.2) is 5.16 Å². The molecule has 0 amide bonds. The van der Waals surface area contributed by atoms with Crippen molar-refractivity contribution in [2.24, 2.45) is 5.92 Å². The van der Waals surface area contributed by atoms with E-state index in [-0.39, 0.29) is 16.7 Å². The molecule has 1 fully saturated rings. The van der Waals surface area contributed by atoms with E-state index in [9.17, 15) is 9.59 Å². The maximum atomic E-state index is 11.3. The van der Waals surface area contributed by atoms with Crippen molar-refractivity contribution in [1.29, 1.82) is 0 Å². The summed E-state index contributed by atoms with van der Waals surface area (Å²) in [6.45, 7) is 1.75. The quantitative estimate of drug-likeness (QED) is 0.797. The lowest BCUT2D eigenvalue weighted by Crippen LogP contribution is -2.21. The normalized spacial score (nSPS) is 23.8. The number of carbonyl (C=O) groups is 1. The van der Waals surface area contributed by atoms with E-state index in [0.717, 1.165) is 12.8 Å². The summed E-state index contributed by atoms with van der Waals surface area (Å²) in [5.74, 6) is -1.08. The lowest BCUT2D eigenvalue weighted by Gasteiger charge is -2.14. The summed E-state index contributed by atoms with van der Waals surface area (Å²) in [6, 6.07) is 1.42. The Balaban J connectivity index is 2.15. The first-order valence-corrected chi connectivity index (χ1v) is 6.41. The summed E-state index contributed by atoms with van der Waals surface area (Å²) in [5, 5.41) is 9.60. The molecule has 1 aromatic rings. The highest BCUT2D eigenvalue weighted by molar-refractivity contribution is 7.99. The molecule has 2 atom stereocenters. The van der Waals surface area contributed by atoms with Gasteiger partial charge in [-0.25, -0.2) is 4.98 Å². The first-order valence-electron chi connectivity index (χ1n) is 5.53. The molecule has 2 N–H and O–H groups in total. The van der Waals surface area contributed by atoms with Crippen LogP contribution in [-0.2, 0) is 4.79 Å². The minimum atomic E-state index is -0.755. The minimum Gasteiger partial charge on any atom is -0.481 e. The molecule has 0 spiro atoms. The molecule has 1 aliphatic carbocycles. The van der Waals surface area contributed by atoms with Gasteiger partial charge in [-0.3, -0.25) is 9.59 Å². The molecule has 0 aromatic carbocycles. The number of aromatic nitrogens is 2. The Bertz CT molecular complexity index is 486. The van der Waals surface area contributed by atoms with Crippen LogP contribution in [0.4, 0.5) is 0 Å². The molecule has 0 saturated heterocycles. The topological polar surface area (TPSA) is 83.0 Å². The second kappa shape index (κ2) is 4.91. The van der Waals surface area contributed by atoms with Gasteiger partial charge in [0.25, 0.3) is 5.56 Å². The Morgan fingerprint density at radius 2 is 2.35 bits per heavy atom. The summed E-state index contributed by atoms with van der Waals surface area (Å²) in [6.07, 6.45) is 2.49. The molecule has 1 saturated carbocycles. The number of aliphatic carboxylic acids is 1. The first-order chi connectivity index (χ1) is 8.06. The molecular weight excluding hydrogens is 240 g/mol. The number of carboxylic acids is 1. The highest BCUT2D eigenvalue weighted by atomic mass is 32.2. The van der Waals surface area contributed by atoms with E-state index >= 15 is 0 Å². The Morgan fingerprint density at radius 1 is 1.59 bits per heavy atom. The third-order valence-corrected chi connectivity index (χ3v) is 4.16. The fraction of sp³-hybridized carbons (Fsp3) is 0.545. The zero-order valence-electron chi connectivity index (χ0n) is 9.47. The molecular formula is C11H14N2O3S. The number of nitrogens with zero attached hydrogens (tertiary/aromatic N) is 1. The second-order valence-electron chi connectivity index (χ2n) is 4.22. The van der Waals surface area contributed by atoms with Gasteiger partial charge in [-0.2, -0.15) is 0 Å². The third kappa shape index (κ3) is 2.88. The number of hydrogen-bond acceptors (Lipinski definition) is 4. The Labute approximate surface area is 103 Å². The molecule has 1 heterocycles. The van der Waals surface area contributed by atoms with Crippen LogP contribution in [0.2, 0.25) is 0 Å². The number of carboxylic acid groups (broad SMARTS) is 1. The van der Waals surface area contributed by atoms with Gasteiger partial charge in [-0.15, -0.1) is 0 Å². The van der Waals surface area contributed by atoms with Crippen LogP contribution in [0.25, 0.3) is 0 Å². The maximum Gasteiger partial charge on any atom is 0.307 e. The zero-order chi connectivity index (χ0) is 12.4. The Hall–Kier alpha value is -1.30. The number of nitrogens with one attached hydrogen (secondary N) is 1. The number of rotatable bonds is 3. The molecule has 92 valence electrons. The van der Waals surface area contributed by atoms with Gasteiger partial charge < -0.3 is 10.1 Å². The first kappa shape index (κ1) is 12.2. The van der Waals surface area contributed by atoms with Crippen molar-refractivity contribution >= 4 is 17.7 Å². The van der Waals surface area contributed by atoms with Crippen LogP contribution in [0, 0.1) is 12.8 Å². The molecule has 6 heteroatoms. The van der Waals surface area contributed by atoms with Crippen molar-refractivity contribution in [1.82, 2.24) is 9.97 Å². The summed E-state index contributed by atoms with van der Waals surface area (Å²) < 4.78 is 0. The van der Waals surface area contributed by atoms with Crippen LogP contribution in [0.3, 0.4) is 0 Å². The van der Waals surface area contributed by atoms with E-state index in [1.54, 1.807) is 6.92 Å². The van der Waals surface area contributed by atoms with E-state index in [1.165, 1.54) is 17.8 Å². The van der Waals surface area contributed by atoms with Gasteiger partial charge >= 0.3 is 5.97 Å². The van der Waals surface area contributed by atoms with Gasteiger partial charge in [0.05, 0.1) is 5.92 Å². The van der Waals surface area contributed by atoms with E-state index in [4.69, 9.17) is 5.11 Å². The number of hydrogen-bond donors (Lipinski definition) is 2. The van der Waals surface area contributed by atoms with Crippen LogP contribution < -0.4 is 5.56 Å². The van der Waals surface area contributed by atoms with E-state index in [1.807, 2.05) is 0 Å². The van der Waals surface area contributed by atoms with Crippen LogP contribution >= 0.6 is 11.8 Å². The standard InChI is InChI=1S/C11H14N2O3S/c1-6-5-9(14)13-11(12-6)17-8-4-2-3-7(8)10(15)16/h5,7-8H,2-4H2,1H3,(H,15,16)(H,12,13,14). The third-order valence-electron chi connectivity index (χ3n) is 2.88. The number of thioether (sulfide) groups is 1. The van der Waals surface area contributed by atoms with Crippen molar-refractivity contribution in [3.63, 3.8) is 0 Å². The van der Waals surface area contributed by atoms with Gasteiger partial charge in [-0.05, 0) is 19.8 Å². The van der Waals surface area contributed by atoms with Gasteiger partial charge in [0.1, 0.15) is 0 Å². The number of aromatic amines is 1. The predicted molar refractivity (Wildman–Crippen MR) is 64.2 cm³/mol. The number of H-pyrrole nitrogens is 1. The molecule has 17 heavy (non-hydrogen) atoms. The van der Waals surface area contributed by atoms with E-state index in [0.29, 0.717) is 17.3 Å². The Morgan fingerprint density at radius 3 is 3.00 bits per heavy atom. The molecule has 0 bridgehead atoms. The van der Waals surface area contributed by atoms with Crippen molar-refractivity contribution < 1.29 is 9.90 Å². The Kier molecular flexibility index (Phi) is 3.51. The van der Waals surface area contributed by atoms with E-state index < -0.39 is 5.97 Å². The van der Waals surface area contributed by atoms with Crippen LogP contribution in [0.5, 0.6) is 0 Å². The minimum absolute atomic E-state index is 0.0115. The lowest BCUT2D eigenvalue weighted by molar-refractivity contribution is -0.141. The summed E-state index contributed by atoms with van der Waals surface area (Å²) >= 11 is 1.37. The average Bonchev–Trinajstić information content (AvgIpc) is 2.63. The monoisotopic (exact) mass is 254 g/mol. The zero-order valence-corrected chi connectivity index (χ0v) is 10.3. The van der Waals surface area contributed by atoms with Crippen LogP contribution in [0.15, 0.2) is 16.0 Å². The maximum absolute atomic E-state index is 11.3. The molecule has 1 aromatic heterocycles. The number of aryl methyl sites for hydroxylation is 1. The summed E-state index contributed by atoms with van der Waals surface area (Å²) in [5.41, 5.74) is 0.464. The van der Waals surface area contributed by atoms with Gasteiger partial charge in [-0.1, -0.05) is 18.2 Å². The van der Waals surface area contributed by atoms with Crippen LogP contribution in [0.1, 0.15) is 25.0 Å². The molecule has 0 radical (unpaired) electrons. The molecule has 0 aliphatic heterocycles. The average molecular weight is 254 g/mol. The van der Waals surface area contributed by atoms with Crippen molar-refractivity contribution in [3.8, 4) is 0 Å². The van der Waals surface area contributed by atoms with Crippen molar-refractivity contribution in [2.75, 3.05) is 0 Å². The smallest absolute Gasteiger partial charge is 0.307 e. The predicted octanol–water partition coefficient (Wildman–Crippen LogP) is 1.42. The fourth-order valence-electron chi connectivity index (χ4n) is 2.10. The summed E-state index contributed by atoms with van der Waals surface area (Å²) in [7, 11) is 0. The SMILES string of the molecule is Cc1cc(=O)[nH]c(SC2CCCC2C(=O)O)n1. The lowest BCUT2D eigenvalue weighted by atomic mass is 10.1. The van der Waals surface area contributed by atoms with Gasteiger partial charge in [0.2, 0.25) is 0 Å². The van der Waals surface area contributed by atoms with Crippen molar-refractivity contribution in [3.05, 3.63) is 22.1 Å².